The molecule has 5 heteroatoms. The van der Waals surface area contributed by atoms with Gasteiger partial charge in [-0.05, 0) is 19.1 Å². The van der Waals surface area contributed by atoms with E-state index in [2.05, 4.69) is 38.7 Å². The monoisotopic (exact) mass is 270 g/mol. The van der Waals surface area contributed by atoms with E-state index >= 15 is 0 Å². The lowest BCUT2D eigenvalue weighted by Crippen LogP contribution is -1.94. The van der Waals surface area contributed by atoms with Crippen molar-refractivity contribution in [3.63, 3.8) is 0 Å². The molecule has 0 fully saturated rings. The number of hydrogen-bond donors (Lipinski definition) is 1. The minimum atomic E-state index is 0.730. The summed E-state index contributed by atoms with van der Waals surface area (Å²) in [5, 5.41) is 14.5. The van der Waals surface area contributed by atoms with E-state index in [4.69, 9.17) is 0 Å². The lowest BCUT2D eigenvalue weighted by Gasteiger charge is -2.00. The molecule has 0 amide bonds. The van der Waals surface area contributed by atoms with Gasteiger partial charge in [-0.1, -0.05) is 35.6 Å². The Morgan fingerprint density at radius 3 is 2.89 bits per heavy atom. The van der Waals surface area contributed by atoms with Crippen LogP contribution in [0.1, 0.15) is 17.6 Å². The Morgan fingerprint density at radius 2 is 2.00 bits per heavy atom. The summed E-state index contributed by atoms with van der Waals surface area (Å²) in [6.07, 6.45) is 0.730. The number of nitrogens with one attached hydrogen (secondary N) is 1. The number of aromatic nitrogens is 3. The highest BCUT2D eigenvalue weighted by molar-refractivity contribution is 7.15. The third-order valence-electron chi connectivity index (χ3n) is 2.78. The van der Waals surface area contributed by atoms with Gasteiger partial charge in [-0.25, -0.2) is 0 Å². The van der Waals surface area contributed by atoms with Crippen LogP contribution in [0.2, 0.25) is 0 Å². The fourth-order valence-electron chi connectivity index (χ4n) is 1.91. The summed E-state index contributed by atoms with van der Waals surface area (Å²) in [5.41, 5.74) is 2.05. The Bertz CT molecular complexity index is 692. The molecule has 2 aromatic heterocycles. The number of fused-ring (bicyclic) bond motifs is 1. The molecule has 4 nitrogen and oxygen atoms in total. The Morgan fingerprint density at radius 1 is 1.11 bits per heavy atom. The predicted octanol–water partition coefficient (Wildman–Crippen LogP) is 3.11. The molecule has 3 aromatic rings. The maximum Gasteiger partial charge on any atom is 0.205 e. The molecule has 96 valence electrons. The largest absolute Gasteiger partial charge is 0.360 e. The van der Waals surface area contributed by atoms with E-state index < -0.39 is 0 Å². The van der Waals surface area contributed by atoms with Crippen molar-refractivity contribution in [3.05, 3.63) is 47.1 Å². The van der Waals surface area contributed by atoms with Crippen LogP contribution in [0.15, 0.2) is 36.4 Å². The van der Waals surface area contributed by atoms with Gasteiger partial charge in [0.25, 0.3) is 0 Å². The number of pyridine rings is 1. The average molecular weight is 270 g/mol. The highest BCUT2D eigenvalue weighted by Crippen LogP contribution is 2.19. The zero-order valence-electron chi connectivity index (χ0n) is 10.6. The van der Waals surface area contributed by atoms with Crippen molar-refractivity contribution < 1.29 is 0 Å². The van der Waals surface area contributed by atoms with Gasteiger partial charge in [-0.2, -0.15) is 0 Å². The van der Waals surface area contributed by atoms with Crippen molar-refractivity contribution in [2.24, 2.45) is 0 Å². The first-order valence-corrected chi connectivity index (χ1v) is 7.07. The van der Waals surface area contributed by atoms with Crippen molar-refractivity contribution in [2.45, 2.75) is 13.3 Å². The molecule has 0 unspecified atom stereocenters. The third-order valence-corrected chi connectivity index (χ3v) is 3.66. The highest BCUT2D eigenvalue weighted by atomic mass is 32.1. The van der Waals surface area contributed by atoms with Gasteiger partial charge < -0.3 is 5.32 Å². The van der Waals surface area contributed by atoms with E-state index in [0.29, 0.717) is 0 Å². The second-order valence-corrected chi connectivity index (χ2v) is 5.27. The molecule has 0 radical (unpaired) electrons. The number of benzene rings is 1. The molecule has 0 atom stereocenters. The van der Waals surface area contributed by atoms with Gasteiger partial charge in [0, 0.05) is 24.0 Å². The molecule has 19 heavy (non-hydrogen) atoms. The van der Waals surface area contributed by atoms with Crippen molar-refractivity contribution >= 4 is 27.4 Å². The van der Waals surface area contributed by atoms with Crippen LogP contribution in [-0.2, 0) is 6.42 Å². The lowest BCUT2D eigenvalue weighted by molar-refractivity contribution is 0.978. The summed E-state index contributed by atoms with van der Waals surface area (Å²) < 4.78 is 0. The molecule has 0 aliphatic rings. The minimum absolute atomic E-state index is 0.730. The number of hydrogen-bond acceptors (Lipinski definition) is 5. The summed E-state index contributed by atoms with van der Waals surface area (Å²) in [5.74, 6) is 0. The van der Waals surface area contributed by atoms with E-state index in [0.717, 1.165) is 39.7 Å². The topological polar surface area (TPSA) is 50.7 Å². The molecule has 0 saturated heterocycles. The SMILES string of the molecule is CCNc1nnc(Cc2ccc3ccccc3n2)s1. The van der Waals surface area contributed by atoms with Crippen molar-refractivity contribution in [1.82, 2.24) is 15.2 Å². The smallest absolute Gasteiger partial charge is 0.205 e. The molecule has 0 spiro atoms. The molecule has 0 bridgehead atoms. The average Bonchev–Trinajstić information content (AvgIpc) is 2.86. The molecule has 3 rings (SSSR count). The van der Waals surface area contributed by atoms with Crippen LogP contribution in [0.4, 0.5) is 5.13 Å². The van der Waals surface area contributed by atoms with Crippen LogP contribution < -0.4 is 5.32 Å². The summed E-state index contributed by atoms with van der Waals surface area (Å²) in [6.45, 7) is 2.91. The van der Waals surface area contributed by atoms with E-state index in [9.17, 15) is 0 Å². The Balaban J connectivity index is 1.83. The first-order valence-electron chi connectivity index (χ1n) is 6.26. The van der Waals surface area contributed by atoms with Crippen LogP contribution in [0.5, 0.6) is 0 Å². The number of anilines is 1. The van der Waals surface area contributed by atoms with Gasteiger partial charge in [-0.3, -0.25) is 4.98 Å². The van der Waals surface area contributed by atoms with Gasteiger partial charge >= 0.3 is 0 Å². The molecule has 0 aliphatic heterocycles. The van der Waals surface area contributed by atoms with Crippen LogP contribution >= 0.6 is 11.3 Å². The van der Waals surface area contributed by atoms with Gasteiger partial charge in [-0.15, -0.1) is 10.2 Å². The van der Waals surface area contributed by atoms with Gasteiger partial charge in [0.05, 0.1) is 5.52 Å². The first kappa shape index (κ1) is 12.0. The quantitative estimate of drug-likeness (QED) is 0.791. The maximum atomic E-state index is 4.64. The normalized spacial score (nSPS) is 10.8. The summed E-state index contributed by atoms with van der Waals surface area (Å²) in [7, 11) is 0. The zero-order chi connectivity index (χ0) is 13.1. The van der Waals surface area contributed by atoms with Crippen LogP contribution in [0.25, 0.3) is 10.9 Å². The number of para-hydroxylation sites is 1. The second kappa shape index (κ2) is 5.32. The molecular weight excluding hydrogens is 256 g/mol. The predicted molar refractivity (Wildman–Crippen MR) is 78.6 cm³/mol. The van der Waals surface area contributed by atoms with Gasteiger partial charge in [0.1, 0.15) is 5.01 Å². The van der Waals surface area contributed by atoms with E-state index in [1.807, 2.05) is 25.1 Å². The lowest BCUT2D eigenvalue weighted by atomic mass is 10.2. The Labute approximate surface area is 115 Å². The molecular formula is C14H14N4S. The van der Waals surface area contributed by atoms with Crippen LogP contribution in [-0.4, -0.2) is 21.7 Å². The fourth-order valence-corrected chi connectivity index (χ4v) is 2.73. The summed E-state index contributed by atoms with van der Waals surface area (Å²) >= 11 is 1.58. The van der Waals surface area contributed by atoms with E-state index in [1.165, 1.54) is 0 Å². The third kappa shape index (κ3) is 2.71. The minimum Gasteiger partial charge on any atom is -0.360 e. The first-order chi connectivity index (χ1) is 9.35. The second-order valence-electron chi connectivity index (χ2n) is 4.20. The highest BCUT2D eigenvalue weighted by Gasteiger charge is 2.06. The fraction of sp³-hybridized carbons (Fsp3) is 0.214. The van der Waals surface area contributed by atoms with Crippen LogP contribution in [0.3, 0.4) is 0 Å². The Hall–Kier alpha value is -2.01. The van der Waals surface area contributed by atoms with Crippen molar-refractivity contribution in [2.75, 3.05) is 11.9 Å². The van der Waals surface area contributed by atoms with Crippen molar-refractivity contribution in [3.8, 4) is 0 Å². The molecule has 2 heterocycles. The molecule has 0 saturated carbocycles. The molecule has 1 aromatic carbocycles. The number of rotatable bonds is 4. The van der Waals surface area contributed by atoms with E-state index in [1.54, 1.807) is 11.3 Å². The van der Waals surface area contributed by atoms with Crippen LogP contribution in [0, 0.1) is 0 Å². The van der Waals surface area contributed by atoms with Gasteiger partial charge in [0.2, 0.25) is 5.13 Å². The van der Waals surface area contributed by atoms with E-state index in [-0.39, 0.29) is 0 Å². The van der Waals surface area contributed by atoms with Gasteiger partial charge in [0.15, 0.2) is 0 Å². The van der Waals surface area contributed by atoms with Crippen molar-refractivity contribution in [1.29, 1.82) is 0 Å². The Kier molecular flexibility index (Phi) is 3.37. The standard InChI is InChI=1S/C14H14N4S/c1-2-15-14-18-17-13(19-14)9-11-8-7-10-5-3-4-6-12(10)16-11/h3-8H,2,9H2,1H3,(H,15,18). The maximum absolute atomic E-state index is 4.64. The number of nitrogens with zero attached hydrogens (tertiary/aromatic N) is 3. The molecule has 0 aliphatic carbocycles. The zero-order valence-corrected chi connectivity index (χ0v) is 11.4. The molecule has 1 N–H and O–H groups in total. The summed E-state index contributed by atoms with van der Waals surface area (Å²) in [6, 6.07) is 12.3. The summed E-state index contributed by atoms with van der Waals surface area (Å²) in [4.78, 5) is 4.64.